The summed E-state index contributed by atoms with van der Waals surface area (Å²) in [5.41, 5.74) is 1.25. The van der Waals surface area contributed by atoms with Gasteiger partial charge in [0.15, 0.2) is 0 Å². The van der Waals surface area contributed by atoms with Gasteiger partial charge in [-0.15, -0.1) is 0 Å². The van der Waals surface area contributed by atoms with Gasteiger partial charge in [0.2, 0.25) is 11.8 Å². The van der Waals surface area contributed by atoms with E-state index in [1.165, 1.54) is 13.3 Å². The van der Waals surface area contributed by atoms with E-state index in [4.69, 9.17) is 5.11 Å². The largest absolute Gasteiger partial charge is 0.480 e. The van der Waals surface area contributed by atoms with Crippen molar-refractivity contribution in [3.63, 3.8) is 0 Å². The molecule has 0 bridgehead atoms. The first-order valence-electron chi connectivity index (χ1n) is 10.9. The summed E-state index contributed by atoms with van der Waals surface area (Å²) in [6.07, 6.45) is 5.82. The third-order valence-corrected chi connectivity index (χ3v) is 6.21. The van der Waals surface area contributed by atoms with Crippen LogP contribution in [0.5, 0.6) is 0 Å². The number of carboxylic acid groups (broad SMARTS) is 1. The number of H-pyrrole nitrogens is 1. The zero-order valence-corrected chi connectivity index (χ0v) is 18.9. The first-order valence-corrected chi connectivity index (χ1v) is 10.9. The van der Waals surface area contributed by atoms with Crippen molar-refractivity contribution in [2.45, 2.75) is 71.5 Å². The molecule has 1 fully saturated rings. The van der Waals surface area contributed by atoms with Crippen LogP contribution in [0.15, 0.2) is 24.8 Å². The van der Waals surface area contributed by atoms with Crippen molar-refractivity contribution < 1.29 is 19.5 Å². The van der Waals surface area contributed by atoms with Crippen molar-refractivity contribution in [1.29, 1.82) is 0 Å². The Morgan fingerprint density at radius 1 is 1.32 bits per heavy atom. The Kier molecular flexibility index (Phi) is 8.65. The Labute approximate surface area is 183 Å². The number of amides is 2. The highest BCUT2D eigenvalue weighted by molar-refractivity contribution is 5.89. The van der Waals surface area contributed by atoms with Gasteiger partial charge in [-0.3, -0.25) is 14.4 Å². The molecule has 5 atom stereocenters. The van der Waals surface area contributed by atoms with Gasteiger partial charge in [-0.25, -0.2) is 4.98 Å². The van der Waals surface area contributed by atoms with Crippen molar-refractivity contribution in [3.05, 3.63) is 30.5 Å². The molecule has 0 aliphatic carbocycles. The average molecular weight is 434 g/mol. The van der Waals surface area contributed by atoms with Crippen molar-refractivity contribution in [1.82, 2.24) is 25.5 Å². The number of rotatable bonds is 11. The second kappa shape index (κ2) is 11.0. The van der Waals surface area contributed by atoms with Gasteiger partial charge in [-0.2, -0.15) is 0 Å². The molecule has 2 amide bonds. The number of nitrogens with zero attached hydrogens (tertiary/aromatic N) is 2. The summed E-state index contributed by atoms with van der Waals surface area (Å²) in [5, 5.41) is 15.0. The third-order valence-electron chi connectivity index (χ3n) is 6.21. The van der Waals surface area contributed by atoms with Crippen LogP contribution in [0.4, 0.5) is 0 Å². The molecular formula is C22H35N5O4. The first kappa shape index (κ1) is 24.4. The molecule has 0 radical (unpaired) electrons. The molecule has 9 nitrogen and oxygen atoms in total. The maximum absolute atomic E-state index is 13.5. The van der Waals surface area contributed by atoms with Crippen molar-refractivity contribution in [2.24, 2.45) is 11.8 Å². The Hall–Kier alpha value is -2.84. The minimum atomic E-state index is -0.986. The molecule has 0 saturated carbocycles. The topological polar surface area (TPSA) is 127 Å². The van der Waals surface area contributed by atoms with Gasteiger partial charge in [-0.1, -0.05) is 33.8 Å². The van der Waals surface area contributed by atoms with E-state index in [0.29, 0.717) is 25.1 Å². The van der Waals surface area contributed by atoms with E-state index in [9.17, 15) is 14.4 Å². The van der Waals surface area contributed by atoms with E-state index >= 15 is 0 Å². The first-order chi connectivity index (χ1) is 14.6. The number of carbonyl (C=O) groups excluding carboxylic acids is 2. The van der Waals surface area contributed by atoms with Gasteiger partial charge in [0.1, 0.15) is 12.1 Å². The summed E-state index contributed by atoms with van der Waals surface area (Å²) in [6.45, 7) is 12.0. The summed E-state index contributed by atoms with van der Waals surface area (Å²) in [6, 6.07) is -1.87. The van der Waals surface area contributed by atoms with Crippen molar-refractivity contribution in [2.75, 3.05) is 6.54 Å². The smallest absolute Gasteiger partial charge is 0.325 e. The molecule has 1 aromatic rings. The van der Waals surface area contributed by atoms with E-state index in [2.05, 4.69) is 27.2 Å². The minimum absolute atomic E-state index is 0.153. The van der Waals surface area contributed by atoms with Gasteiger partial charge in [0.05, 0.1) is 12.4 Å². The second-order valence-electron chi connectivity index (χ2n) is 8.44. The molecule has 31 heavy (non-hydrogen) atoms. The van der Waals surface area contributed by atoms with Crippen LogP contribution in [0.25, 0.3) is 0 Å². The van der Waals surface area contributed by atoms with Crippen LogP contribution in [-0.4, -0.2) is 62.4 Å². The van der Waals surface area contributed by atoms with Crippen LogP contribution in [-0.2, 0) is 20.8 Å². The highest BCUT2D eigenvalue weighted by atomic mass is 16.4. The maximum atomic E-state index is 13.5. The Morgan fingerprint density at radius 2 is 2.03 bits per heavy atom. The molecule has 4 N–H and O–H groups in total. The van der Waals surface area contributed by atoms with Crippen LogP contribution < -0.4 is 10.6 Å². The predicted octanol–water partition coefficient (Wildman–Crippen LogP) is 1.69. The minimum Gasteiger partial charge on any atom is -0.480 e. The molecule has 1 unspecified atom stereocenters. The lowest BCUT2D eigenvalue weighted by atomic mass is 9.92. The predicted molar refractivity (Wildman–Crippen MR) is 117 cm³/mol. The van der Waals surface area contributed by atoms with Crippen LogP contribution in [0.1, 0.15) is 52.7 Å². The van der Waals surface area contributed by atoms with E-state index < -0.39 is 18.1 Å². The van der Waals surface area contributed by atoms with E-state index in [1.807, 2.05) is 20.8 Å². The van der Waals surface area contributed by atoms with Gasteiger partial charge in [0, 0.05) is 36.5 Å². The van der Waals surface area contributed by atoms with Gasteiger partial charge in [0.25, 0.3) is 0 Å². The molecular weight excluding hydrogens is 398 g/mol. The van der Waals surface area contributed by atoms with Gasteiger partial charge >= 0.3 is 5.97 Å². The molecule has 1 aliphatic rings. The molecule has 2 heterocycles. The highest BCUT2D eigenvalue weighted by Gasteiger charge is 2.36. The van der Waals surface area contributed by atoms with Gasteiger partial charge < -0.3 is 25.6 Å². The number of aromatic nitrogens is 2. The second-order valence-corrected chi connectivity index (χ2v) is 8.44. The normalized spacial score (nSPS) is 19.9. The number of carbonyl (C=O) groups is 3. The van der Waals surface area contributed by atoms with Crippen molar-refractivity contribution in [3.8, 4) is 0 Å². The number of aliphatic carboxylic acids is 1. The number of nitrogens with one attached hydrogen (secondary N) is 3. The molecule has 1 aromatic heterocycles. The average Bonchev–Trinajstić information content (AvgIpc) is 3.43. The van der Waals surface area contributed by atoms with Crippen LogP contribution in [0.3, 0.4) is 0 Å². The molecule has 0 spiro atoms. The molecule has 0 aromatic carbocycles. The number of imidazole rings is 1. The number of likely N-dealkylation sites (tertiary alicyclic amines) is 1. The zero-order valence-electron chi connectivity index (χ0n) is 18.9. The maximum Gasteiger partial charge on any atom is 0.325 e. The van der Waals surface area contributed by atoms with Crippen LogP contribution in [0.2, 0.25) is 0 Å². The summed E-state index contributed by atoms with van der Waals surface area (Å²) in [5.74, 6) is -1.36. The number of hydrogen-bond donors (Lipinski definition) is 4. The molecule has 172 valence electrons. The molecule has 1 saturated heterocycles. The summed E-state index contributed by atoms with van der Waals surface area (Å²) in [4.78, 5) is 46.2. The Bertz CT molecular complexity index is 779. The van der Waals surface area contributed by atoms with Crippen LogP contribution in [0, 0.1) is 11.8 Å². The summed E-state index contributed by atoms with van der Waals surface area (Å²) in [7, 11) is 0. The molecule has 1 aliphatic heterocycles. The molecule has 2 rings (SSSR count). The van der Waals surface area contributed by atoms with E-state index in [1.54, 1.807) is 11.1 Å². The lowest BCUT2D eigenvalue weighted by Gasteiger charge is -2.32. The number of aromatic amines is 1. The van der Waals surface area contributed by atoms with E-state index in [-0.39, 0.29) is 29.7 Å². The highest BCUT2D eigenvalue weighted by Crippen LogP contribution is 2.24. The number of hydrogen-bond acceptors (Lipinski definition) is 5. The number of carboxylic acids is 1. The fraction of sp³-hybridized carbons (Fsp3) is 0.636. The Balaban J connectivity index is 2.17. The standard InChI is InChI=1S/C22H35N5O4/c1-6-13(2)14(3)20(28)26-18(10-17-11-23-12-24-17)21(29)27-9-7-8-19(27)15(4)25-16(5)22(30)31/h11-14,16,18-19,25H,4,6-10H2,1-3,5H3,(H,23,24)(H,26,28)(H,30,31)/t13?,14-,16+,18-,19-/m0/s1. The zero-order chi connectivity index (χ0) is 23.1. The van der Waals surface area contributed by atoms with E-state index in [0.717, 1.165) is 18.5 Å². The lowest BCUT2D eigenvalue weighted by molar-refractivity contribution is -0.139. The third kappa shape index (κ3) is 6.32. The van der Waals surface area contributed by atoms with Crippen LogP contribution >= 0.6 is 0 Å². The summed E-state index contributed by atoms with van der Waals surface area (Å²) >= 11 is 0. The Morgan fingerprint density at radius 3 is 2.61 bits per heavy atom. The fourth-order valence-corrected chi connectivity index (χ4v) is 3.76. The van der Waals surface area contributed by atoms with Gasteiger partial charge in [-0.05, 0) is 25.7 Å². The quantitative estimate of drug-likeness (QED) is 0.420. The molecule has 9 heteroatoms. The SMILES string of the molecule is C=C(N[C@H](C)C(=O)O)[C@@H]1CCCN1C(=O)[C@H](Cc1cnc[nH]1)NC(=O)[C@@H](C)C(C)CC. The van der Waals surface area contributed by atoms with Crippen molar-refractivity contribution >= 4 is 17.8 Å². The fourth-order valence-electron chi connectivity index (χ4n) is 3.76. The summed E-state index contributed by atoms with van der Waals surface area (Å²) < 4.78 is 0. The monoisotopic (exact) mass is 433 g/mol. The lowest BCUT2D eigenvalue weighted by Crippen LogP contribution is -2.53.